The SMILES string of the molecule is CCNC(=NCc1cc(OC)ccc1O)NCCc1c[nH]c2ccc(F)cc12. The molecule has 0 aliphatic carbocycles. The predicted octanol–water partition coefficient (Wildman–Crippen LogP) is 3.32. The molecule has 3 rings (SSSR count). The summed E-state index contributed by atoms with van der Waals surface area (Å²) in [6.07, 6.45) is 2.63. The van der Waals surface area contributed by atoms with Crippen LogP contribution in [0.2, 0.25) is 0 Å². The number of ether oxygens (including phenoxy) is 1. The molecule has 28 heavy (non-hydrogen) atoms. The van der Waals surface area contributed by atoms with E-state index < -0.39 is 0 Å². The quantitative estimate of drug-likeness (QED) is 0.372. The van der Waals surface area contributed by atoms with Crippen molar-refractivity contribution in [2.24, 2.45) is 4.99 Å². The van der Waals surface area contributed by atoms with Gasteiger partial charge in [-0.25, -0.2) is 9.38 Å². The van der Waals surface area contributed by atoms with Crippen molar-refractivity contribution in [2.45, 2.75) is 19.9 Å². The molecule has 4 N–H and O–H groups in total. The number of rotatable bonds is 7. The molecule has 0 aliphatic rings. The first-order valence-corrected chi connectivity index (χ1v) is 9.24. The van der Waals surface area contributed by atoms with Crippen molar-refractivity contribution in [3.63, 3.8) is 0 Å². The maximum absolute atomic E-state index is 13.5. The summed E-state index contributed by atoms with van der Waals surface area (Å²) in [4.78, 5) is 7.69. The minimum Gasteiger partial charge on any atom is -0.508 e. The van der Waals surface area contributed by atoms with Gasteiger partial charge in [-0.2, -0.15) is 0 Å². The number of hydrogen-bond donors (Lipinski definition) is 4. The highest BCUT2D eigenvalue weighted by Gasteiger charge is 2.07. The van der Waals surface area contributed by atoms with Crippen LogP contribution >= 0.6 is 0 Å². The molecule has 3 aromatic rings. The van der Waals surface area contributed by atoms with E-state index in [0.29, 0.717) is 36.9 Å². The van der Waals surface area contributed by atoms with Gasteiger partial charge >= 0.3 is 0 Å². The van der Waals surface area contributed by atoms with Gasteiger partial charge < -0.3 is 25.5 Å². The lowest BCUT2D eigenvalue weighted by Gasteiger charge is -2.12. The van der Waals surface area contributed by atoms with Gasteiger partial charge in [0, 0.05) is 35.8 Å². The van der Waals surface area contributed by atoms with Crippen molar-refractivity contribution in [1.29, 1.82) is 0 Å². The number of nitrogens with zero attached hydrogens (tertiary/aromatic N) is 1. The minimum atomic E-state index is -0.241. The molecular formula is C21H25FN4O2. The third kappa shape index (κ3) is 4.73. The zero-order valence-corrected chi connectivity index (χ0v) is 16.1. The summed E-state index contributed by atoms with van der Waals surface area (Å²) in [7, 11) is 1.58. The van der Waals surface area contributed by atoms with Crippen LogP contribution in [0.4, 0.5) is 4.39 Å². The number of phenolic OH excluding ortho intramolecular Hbond substituents is 1. The molecular weight excluding hydrogens is 359 g/mol. The van der Waals surface area contributed by atoms with Gasteiger partial charge in [0.15, 0.2) is 5.96 Å². The molecule has 148 valence electrons. The highest BCUT2D eigenvalue weighted by atomic mass is 19.1. The second-order valence-electron chi connectivity index (χ2n) is 6.37. The molecule has 7 heteroatoms. The molecule has 0 aliphatic heterocycles. The number of nitrogens with one attached hydrogen (secondary N) is 3. The van der Waals surface area contributed by atoms with Gasteiger partial charge in [0.05, 0.1) is 13.7 Å². The summed E-state index contributed by atoms with van der Waals surface area (Å²) in [5, 5.41) is 17.4. The van der Waals surface area contributed by atoms with Crippen LogP contribution in [0.5, 0.6) is 11.5 Å². The van der Waals surface area contributed by atoms with Crippen molar-refractivity contribution < 1.29 is 14.2 Å². The summed E-state index contributed by atoms with van der Waals surface area (Å²) in [6.45, 7) is 3.66. The standard InChI is InChI=1S/C21H25FN4O2/c1-3-23-21(26-13-15-10-17(28-2)5-7-20(15)27)24-9-8-14-12-25-19-6-4-16(22)11-18(14)19/h4-7,10-12,25,27H,3,8-9,13H2,1-2H3,(H2,23,24,26). The molecule has 1 aromatic heterocycles. The number of phenols is 1. The van der Waals surface area contributed by atoms with Gasteiger partial charge in [-0.1, -0.05) is 0 Å². The highest BCUT2D eigenvalue weighted by molar-refractivity contribution is 5.83. The number of guanidine groups is 1. The Morgan fingerprint density at radius 2 is 2.04 bits per heavy atom. The molecule has 6 nitrogen and oxygen atoms in total. The molecule has 0 saturated heterocycles. The summed E-state index contributed by atoms with van der Waals surface area (Å²) in [6, 6.07) is 9.81. The molecule has 0 amide bonds. The highest BCUT2D eigenvalue weighted by Crippen LogP contribution is 2.23. The van der Waals surface area contributed by atoms with Gasteiger partial charge in [0.1, 0.15) is 17.3 Å². The molecule has 1 heterocycles. The average molecular weight is 384 g/mol. The number of methoxy groups -OCH3 is 1. The Morgan fingerprint density at radius 1 is 1.18 bits per heavy atom. The Hall–Kier alpha value is -3.22. The van der Waals surface area contributed by atoms with E-state index in [9.17, 15) is 9.50 Å². The van der Waals surface area contributed by atoms with Gasteiger partial charge in [-0.05, 0) is 55.3 Å². The van der Waals surface area contributed by atoms with Gasteiger partial charge in [0.2, 0.25) is 0 Å². The summed E-state index contributed by atoms with van der Waals surface area (Å²) in [5.74, 6) is 1.26. The van der Waals surface area contributed by atoms with Crippen LogP contribution in [-0.4, -0.2) is 36.2 Å². The summed E-state index contributed by atoms with van der Waals surface area (Å²) < 4.78 is 18.7. The van der Waals surface area contributed by atoms with E-state index in [2.05, 4.69) is 20.6 Å². The fourth-order valence-corrected chi connectivity index (χ4v) is 2.99. The number of aromatic nitrogens is 1. The van der Waals surface area contributed by atoms with Crippen LogP contribution < -0.4 is 15.4 Å². The Balaban J connectivity index is 1.64. The predicted molar refractivity (Wildman–Crippen MR) is 109 cm³/mol. The first-order valence-electron chi connectivity index (χ1n) is 9.24. The number of fused-ring (bicyclic) bond motifs is 1. The monoisotopic (exact) mass is 384 g/mol. The van der Waals surface area contributed by atoms with Crippen molar-refractivity contribution in [3.8, 4) is 11.5 Å². The fourth-order valence-electron chi connectivity index (χ4n) is 2.99. The number of H-pyrrole nitrogens is 1. The lowest BCUT2D eigenvalue weighted by molar-refractivity contribution is 0.411. The van der Waals surface area contributed by atoms with Crippen LogP contribution in [-0.2, 0) is 13.0 Å². The third-order valence-corrected chi connectivity index (χ3v) is 4.45. The van der Waals surface area contributed by atoms with Crippen molar-refractivity contribution in [2.75, 3.05) is 20.2 Å². The molecule has 2 aromatic carbocycles. The van der Waals surface area contributed by atoms with Gasteiger partial charge in [-0.3, -0.25) is 0 Å². The van der Waals surface area contributed by atoms with E-state index in [-0.39, 0.29) is 11.6 Å². The minimum absolute atomic E-state index is 0.182. The van der Waals surface area contributed by atoms with E-state index in [1.165, 1.54) is 6.07 Å². The van der Waals surface area contributed by atoms with Crippen LogP contribution in [0.25, 0.3) is 10.9 Å². The van der Waals surface area contributed by atoms with E-state index >= 15 is 0 Å². The lowest BCUT2D eigenvalue weighted by atomic mass is 10.1. The Kier molecular flexibility index (Phi) is 6.37. The average Bonchev–Trinajstić information content (AvgIpc) is 3.09. The number of aromatic hydroxyl groups is 1. The summed E-state index contributed by atoms with van der Waals surface area (Å²) >= 11 is 0. The smallest absolute Gasteiger partial charge is 0.191 e. The normalized spacial score (nSPS) is 11.6. The van der Waals surface area contributed by atoms with E-state index in [1.54, 1.807) is 37.4 Å². The maximum Gasteiger partial charge on any atom is 0.191 e. The molecule has 0 fully saturated rings. The molecule has 0 spiro atoms. The number of aromatic amines is 1. The zero-order valence-electron chi connectivity index (χ0n) is 16.1. The molecule has 0 unspecified atom stereocenters. The second kappa shape index (κ2) is 9.12. The van der Waals surface area contributed by atoms with Crippen molar-refractivity contribution >= 4 is 16.9 Å². The van der Waals surface area contributed by atoms with E-state index in [0.717, 1.165) is 22.9 Å². The summed E-state index contributed by atoms with van der Waals surface area (Å²) in [5.41, 5.74) is 2.65. The number of halogens is 1. The first-order chi connectivity index (χ1) is 13.6. The second-order valence-corrected chi connectivity index (χ2v) is 6.37. The Morgan fingerprint density at radius 3 is 2.82 bits per heavy atom. The van der Waals surface area contributed by atoms with Crippen LogP contribution in [0, 0.1) is 5.82 Å². The third-order valence-electron chi connectivity index (χ3n) is 4.45. The number of benzene rings is 2. The van der Waals surface area contributed by atoms with Crippen LogP contribution in [0.15, 0.2) is 47.6 Å². The lowest BCUT2D eigenvalue weighted by Crippen LogP contribution is -2.38. The van der Waals surface area contributed by atoms with Crippen LogP contribution in [0.1, 0.15) is 18.1 Å². The van der Waals surface area contributed by atoms with Crippen molar-refractivity contribution in [3.05, 3.63) is 59.5 Å². The topological polar surface area (TPSA) is 81.7 Å². The zero-order chi connectivity index (χ0) is 19.9. The maximum atomic E-state index is 13.5. The molecule has 0 radical (unpaired) electrons. The first kappa shape index (κ1) is 19.5. The van der Waals surface area contributed by atoms with Gasteiger partial charge in [-0.15, -0.1) is 0 Å². The van der Waals surface area contributed by atoms with Gasteiger partial charge in [0.25, 0.3) is 0 Å². The molecule has 0 bridgehead atoms. The Bertz CT molecular complexity index is 968. The fraction of sp³-hybridized carbons (Fsp3) is 0.286. The van der Waals surface area contributed by atoms with E-state index in [1.807, 2.05) is 13.1 Å². The largest absolute Gasteiger partial charge is 0.508 e. The molecule has 0 saturated carbocycles. The molecule has 0 atom stereocenters. The van der Waals surface area contributed by atoms with Crippen molar-refractivity contribution in [1.82, 2.24) is 15.6 Å². The van der Waals surface area contributed by atoms with E-state index in [4.69, 9.17) is 4.74 Å². The van der Waals surface area contributed by atoms with Crippen LogP contribution in [0.3, 0.4) is 0 Å². The Labute approximate surface area is 163 Å². The number of aliphatic imine (C=N–C) groups is 1. The number of hydrogen-bond acceptors (Lipinski definition) is 3.